The first-order valence-electron chi connectivity index (χ1n) is 7.20. The van der Waals surface area contributed by atoms with Crippen LogP contribution in [0.3, 0.4) is 0 Å². The maximum absolute atomic E-state index is 5.48. The molecule has 0 aliphatic carbocycles. The Labute approximate surface area is 113 Å². The molecule has 2 unspecified atom stereocenters. The average Bonchev–Trinajstić information content (AvgIpc) is 2.98. The number of ether oxygens (including phenoxy) is 1. The van der Waals surface area contributed by atoms with Crippen molar-refractivity contribution < 1.29 is 9.26 Å². The Bertz CT molecular complexity index is 397. The summed E-state index contributed by atoms with van der Waals surface area (Å²) in [7, 11) is 0. The number of nitrogens with zero attached hydrogens (tertiary/aromatic N) is 3. The van der Waals surface area contributed by atoms with Gasteiger partial charge in [0.2, 0.25) is 5.89 Å². The van der Waals surface area contributed by atoms with Gasteiger partial charge < -0.3 is 14.6 Å². The third-order valence-corrected chi connectivity index (χ3v) is 4.04. The van der Waals surface area contributed by atoms with Gasteiger partial charge in [0.05, 0.1) is 12.6 Å². The van der Waals surface area contributed by atoms with Crippen molar-refractivity contribution in [3.05, 3.63) is 11.7 Å². The maximum atomic E-state index is 5.48. The maximum Gasteiger partial charge on any atom is 0.243 e. The Kier molecular flexibility index (Phi) is 4.10. The predicted molar refractivity (Wildman–Crippen MR) is 69.9 cm³/mol. The van der Waals surface area contributed by atoms with Crippen LogP contribution < -0.4 is 5.32 Å². The quantitative estimate of drug-likeness (QED) is 0.878. The summed E-state index contributed by atoms with van der Waals surface area (Å²) in [6, 6.07) is 0.202. The first-order valence-corrected chi connectivity index (χ1v) is 7.20. The van der Waals surface area contributed by atoms with E-state index >= 15 is 0 Å². The van der Waals surface area contributed by atoms with E-state index in [-0.39, 0.29) is 6.04 Å². The summed E-state index contributed by atoms with van der Waals surface area (Å²) in [5.74, 6) is 1.86. The van der Waals surface area contributed by atoms with Gasteiger partial charge in [-0.15, -0.1) is 0 Å². The molecule has 3 heterocycles. The SMILES string of the molecule is CC(c1nc(C2CCCOC2)no1)N1CCNCC1. The van der Waals surface area contributed by atoms with E-state index in [0.717, 1.165) is 63.9 Å². The van der Waals surface area contributed by atoms with Crippen LogP contribution in [0.15, 0.2) is 4.52 Å². The second-order valence-corrected chi connectivity index (χ2v) is 5.37. The molecule has 6 heteroatoms. The van der Waals surface area contributed by atoms with Gasteiger partial charge in [-0.2, -0.15) is 4.98 Å². The average molecular weight is 266 g/mol. The number of hydrogen-bond acceptors (Lipinski definition) is 6. The minimum Gasteiger partial charge on any atom is -0.381 e. The summed E-state index contributed by atoms with van der Waals surface area (Å²) in [5, 5.41) is 7.50. The number of hydrogen-bond donors (Lipinski definition) is 1. The van der Waals surface area contributed by atoms with E-state index in [1.165, 1.54) is 0 Å². The summed E-state index contributed by atoms with van der Waals surface area (Å²) in [6.07, 6.45) is 2.18. The molecule has 0 saturated carbocycles. The first-order chi connectivity index (χ1) is 9.34. The Hall–Kier alpha value is -0.980. The molecule has 1 aromatic heterocycles. The highest BCUT2D eigenvalue weighted by Gasteiger charge is 2.26. The highest BCUT2D eigenvalue weighted by molar-refractivity contribution is 4.99. The van der Waals surface area contributed by atoms with Crippen LogP contribution in [-0.4, -0.2) is 54.4 Å². The van der Waals surface area contributed by atoms with Crippen LogP contribution in [-0.2, 0) is 4.74 Å². The molecular formula is C13H22N4O2. The summed E-state index contributed by atoms with van der Waals surface area (Å²) in [5.41, 5.74) is 0. The van der Waals surface area contributed by atoms with Crippen molar-refractivity contribution in [3.63, 3.8) is 0 Å². The van der Waals surface area contributed by atoms with Crippen LogP contribution in [0.5, 0.6) is 0 Å². The van der Waals surface area contributed by atoms with Gasteiger partial charge in [-0.05, 0) is 19.8 Å². The monoisotopic (exact) mass is 266 g/mol. The normalized spacial score (nSPS) is 27.3. The van der Waals surface area contributed by atoms with Gasteiger partial charge in [0.1, 0.15) is 0 Å². The van der Waals surface area contributed by atoms with Crippen LogP contribution >= 0.6 is 0 Å². The van der Waals surface area contributed by atoms with E-state index < -0.39 is 0 Å². The Balaban J connectivity index is 1.65. The van der Waals surface area contributed by atoms with Gasteiger partial charge in [-0.25, -0.2) is 0 Å². The van der Waals surface area contributed by atoms with Crippen molar-refractivity contribution in [1.29, 1.82) is 0 Å². The van der Waals surface area contributed by atoms with Crippen molar-refractivity contribution in [1.82, 2.24) is 20.4 Å². The number of rotatable bonds is 3. The van der Waals surface area contributed by atoms with Gasteiger partial charge in [0.25, 0.3) is 0 Å². The van der Waals surface area contributed by atoms with E-state index in [9.17, 15) is 0 Å². The van der Waals surface area contributed by atoms with E-state index in [1.807, 2.05) is 0 Å². The molecule has 0 aromatic carbocycles. The summed E-state index contributed by atoms with van der Waals surface area (Å²) >= 11 is 0. The van der Waals surface area contributed by atoms with Gasteiger partial charge >= 0.3 is 0 Å². The molecule has 2 fully saturated rings. The molecule has 0 bridgehead atoms. The molecule has 0 spiro atoms. The molecule has 2 aliphatic rings. The minimum atomic E-state index is 0.202. The molecule has 19 heavy (non-hydrogen) atoms. The fourth-order valence-corrected chi connectivity index (χ4v) is 2.75. The highest BCUT2D eigenvalue weighted by atomic mass is 16.5. The second-order valence-electron chi connectivity index (χ2n) is 5.37. The lowest BCUT2D eigenvalue weighted by Gasteiger charge is -2.30. The molecule has 6 nitrogen and oxygen atoms in total. The lowest BCUT2D eigenvalue weighted by molar-refractivity contribution is 0.0773. The first kappa shape index (κ1) is 13.0. The minimum absolute atomic E-state index is 0.202. The van der Waals surface area contributed by atoms with E-state index in [2.05, 4.69) is 27.3 Å². The molecule has 1 aromatic rings. The van der Waals surface area contributed by atoms with Crippen LogP contribution in [0.2, 0.25) is 0 Å². The van der Waals surface area contributed by atoms with Gasteiger partial charge in [-0.1, -0.05) is 5.16 Å². The van der Waals surface area contributed by atoms with Gasteiger partial charge in [0.15, 0.2) is 5.82 Å². The summed E-state index contributed by atoms with van der Waals surface area (Å²) in [6.45, 7) is 7.85. The molecule has 2 aliphatic heterocycles. The standard InChI is InChI=1S/C13H22N4O2/c1-10(17-6-4-14-5-7-17)13-15-12(16-19-13)11-3-2-8-18-9-11/h10-11,14H,2-9H2,1H3. The molecule has 2 saturated heterocycles. The van der Waals surface area contributed by atoms with Gasteiger partial charge in [-0.3, -0.25) is 4.90 Å². The van der Waals surface area contributed by atoms with Gasteiger partial charge in [0, 0.05) is 38.7 Å². The smallest absolute Gasteiger partial charge is 0.243 e. The van der Waals surface area contributed by atoms with Crippen molar-refractivity contribution in [2.45, 2.75) is 31.7 Å². The summed E-state index contributed by atoms with van der Waals surface area (Å²) in [4.78, 5) is 6.97. The molecule has 3 rings (SSSR count). The zero-order valence-electron chi connectivity index (χ0n) is 11.5. The van der Waals surface area contributed by atoms with Crippen LogP contribution in [0.1, 0.15) is 43.4 Å². The zero-order chi connectivity index (χ0) is 13.1. The number of piperazine rings is 1. The molecule has 0 amide bonds. The molecule has 2 atom stereocenters. The van der Waals surface area contributed by atoms with Crippen LogP contribution in [0.25, 0.3) is 0 Å². The predicted octanol–water partition coefficient (Wildman–Crippen LogP) is 0.930. The second kappa shape index (κ2) is 5.98. The van der Waals surface area contributed by atoms with E-state index in [4.69, 9.17) is 9.26 Å². The Morgan fingerprint density at radius 3 is 2.95 bits per heavy atom. The molecule has 0 radical (unpaired) electrons. The molecule has 106 valence electrons. The zero-order valence-corrected chi connectivity index (χ0v) is 11.5. The Morgan fingerprint density at radius 2 is 2.21 bits per heavy atom. The van der Waals surface area contributed by atoms with Crippen LogP contribution in [0, 0.1) is 0 Å². The van der Waals surface area contributed by atoms with Crippen molar-refractivity contribution in [2.24, 2.45) is 0 Å². The third-order valence-electron chi connectivity index (χ3n) is 4.04. The van der Waals surface area contributed by atoms with E-state index in [1.54, 1.807) is 0 Å². The van der Waals surface area contributed by atoms with Crippen molar-refractivity contribution in [3.8, 4) is 0 Å². The third kappa shape index (κ3) is 2.96. The van der Waals surface area contributed by atoms with Crippen molar-refractivity contribution in [2.75, 3.05) is 39.4 Å². The largest absolute Gasteiger partial charge is 0.381 e. The topological polar surface area (TPSA) is 63.4 Å². The Morgan fingerprint density at radius 1 is 1.37 bits per heavy atom. The lowest BCUT2D eigenvalue weighted by Crippen LogP contribution is -2.44. The molecule has 1 N–H and O–H groups in total. The number of aromatic nitrogens is 2. The van der Waals surface area contributed by atoms with Crippen molar-refractivity contribution >= 4 is 0 Å². The highest BCUT2D eigenvalue weighted by Crippen LogP contribution is 2.25. The fraction of sp³-hybridized carbons (Fsp3) is 0.846. The lowest BCUT2D eigenvalue weighted by atomic mass is 10.0. The van der Waals surface area contributed by atoms with Crippen LogP contribution in [0.4, 0.5) is 0 Å². The van der Waals surface area contributed by atoms with E-state index in [0.29, 0.717) is 5.92 Å². The number of nitrogens with one attached hydrogen (secondary N) is 1. The summed E-state index contributed by atoms with van der Waals surface area (Å²) < 4.78 is 10.9. The molecular weight excluding hydrogens is 244 g/mol. The fourth-order valence-electron chi connectivity index (χ4n) is 2.75.